The minimum atomic E-state index is 0.404. The van der Waals surface area contributed by atoms with Gasteiger partial charge in [-0.05, 0) is 43.6 Å². The third kappa shape index (κ3) is 3.68. The Morgan fingerprint density at radius 3 is 2.57 bits per heavy atom. The van der Waals surface area contributed by atoms with Crippen molar-refractivity contribution >= 4 is 0 Å². The Morgan fingerprint density at radius 2 is 2.00 bits per heavy atom. The summed E-state index contributed by atoms with van der Waals surface area (Å²) in [6.45, 7) is 11.3. The summed E-state index contributed by atoms with van der Waals surface area (Å²) in [5.41, 5.74) is 0.404. The molecular weight excluding hydrogens is 258 g/mol. The first kappa shape index (κ1) is 16.5. The van der Waals surface area contributed by atoms with E-state index in [1.54, 1.807) is 0 Å². The summed E-state index contributed by atoms with van der Waals surface area (Å²) in [7, 11) is 0. The molecule has 0 amide bonds. The molecule has 1 heterocycles. The van der Waals surface area contributed by atoms with E-state index in [-0.39, 0.29) is 0 Å². The highest BCUT2D eigenvalue weighted by Crippen LogP contribution is 2.51. The van der Waals surface area contributed by atoms with Gasteiger partial charge in [-0.2, -0.15) is 0 Å². The maximum absolute atomic E-state index is 4.75. The van der Waals surface area contributed by atoms with E-state index in [9.17, 15) is 0 Å². The number of nitrogens with one attached hydrogen (secondary N) is 1. The van der Waals surface area contributed by atoms with E-state index in [1.807, 2.05) is 6.20 Å². The van der Waals surface area contributed by atoms with E-state index in [0.29, 0.717) is 11.5 Å². The summed E-state index contributed by atoms with van der Waals surface area (Å²) in [6, 6.07) is 0.411. The van der Waals surface area contributed by atoms with Gasteiger partial charge in [-0.25, -0.2) is 4.98 Å². The van der Waals surface area contributed by atoms with Crippen molar-refractivity contribution in [1.29, 1.82) is 0 Å². The molecular formula is C18H33N3. The Labute approximate surface area is 130 Å². The molecule has 1 aromatic rings. The van der Waals surface area contributed by atoms with Crippen LogP contribution in [0.3, 0.4) is 0 Å². The zero-order valence-corrected chi connectivity index (χ0v) is 14.4. The van der Waals surface area contributed by atoms with Gasteiger partial charge in [0.05, 0.1) is 6.04 Å². The highest BCUT2D eigenvalue weighted by molar-refractivity contribution is 5.08. The van der Waals surface area contributed by atoms with Crippen molar-refractivity contribution in [3.05, 3.63) is 18.2 Å². The fourth-order valence-electron chi connectivity index (χ4n) is 4.30. The molecule has 0 saturated heterocycles. The average molecular weight is 291 g/mol. The Bertz CT molecular complexity index is 416. The summed E-state index contributed by atoms with van der Waals surface area (Å²) in [6.07, 6.45) is 12.1. The molecule has 1 unspecified atom stereocenters. The second-order valence-corrected chi connectivity index (χ2v) is 7.14. The summed E-state index contributed by atoms with van der Waals surface area (Å²) in [5.74, 6) is 2.01. The number of aromatic nitrogens is 2. The molecule has 1 fully saturated rings. The Morgan fingerprint density at radius 1 is 1.29 bits per heavy atom. The fraction of sp³-hybridized carbons (Fsp3) is 0.833. The van der Waals surface area contributed by atoms with E-state index < -0.39 is 0 Å². The summed E-state index contributed by atoms with van der Waals surface area (Å²) in [5, 5.41) is 3.79. The van der Waals surface area contributed by atoms with E-state index in [4.69, 9.17) is 4.98 Å². The predicted molar refractivity (Wildman–Crippen MR) is 89.3 cm³/mol. The molecule has 0 spiro atoms. The highest BCUT2D eigenvalue weighted by Gasteiger charge is 2.43. The molecule has 2 rings (SSSR count). The minimum absolute atomic E-state index is 0.404. The molecule has 1 aliphatic rings. The third-order valence-electron chi connectivity index (χ3n) is 4.91. The van der Waals surface area contributed by atoms with Gasteiger partial charge in [0, 0.05) is 18.9 Å². The van der Waals surface area contributed by atoms with Gasteiger partial charge in [-0.15, -0.1) is 0 Å². The standard InChI is InChI=1S/C18H33N3/c1-5-12-21-13-11-20-17(21)16(19-6-2)18(14-15(3)4)9-7-8-10-18/h11,13,15-16,19H,5-10,12,14H2,1-4H3. The Balaban J connectivity index is 2.33. The number of hydrogen-bond donors (Lipinski definition) is 1. The second kappa shape index (κ2) is 7.44. The second-order valence-electron chi connectivity index (χ2n) is 7.14. The van der Waals surface area contributed by atoms with Crippen LogP contribution in [0.1, 0.15) is 78.1 Å². The lowest BCUT2D eigenvalue weighted by Gasteiger charge is -2.39. The van der Waals surface area contributed by atoms with Crippen LogP contribution in [0.4, 0.5) is 0 Å². The fourth-order valence-corrected chi connectivity index (χ4v) is 4.30. The van der Waals surface area contributed by atoms with Crippen molar-refractivity contribution in [1.82, 2.24) is 14.9 Å². The van der Waals surface area contributed by atoms with Crippen molar-refractivity contribution in [3.63, 3.8) is 0 Å². The number of imidazole rings is 1. The molecule has 0 bridgehead atoms. The highest BCUT2D eigenvalue weighted by atomic mass is 15.1. The molecule has 1 aromatic heterocycles. The van der Waals surface area contributed by atoms with Gasteiger partial charge in [0.25, 0.3) is 0 Å². The Kier molecular flexibility index (Phi) is 5.86. The van der Waals surface area contributed by atoms with Crippen LogP contribution < -0.4 is 5.32 Å². The quantitative estimate of drug-likeness (QED) is 0.761. The van der Waals surface area contributed by atoms with Crippen LogP contribution in [0.5, 0.6) is 0 Å². The van der Waals surface area contributed by atoms with Crippen molar-refractivity contribution in [2.24, 2.45) is 11.3 Å². The molecule has 0 aliphatic heterocycles. The first-order chi connectivity index (χ1) is 10.1. The topological polar surface area (TPSA) is 29.9 Å². The maximum atomic E-state index is 4.75. The molecule has 120 valence electrons. The van der Waals surface area contributed by atoms with Gasteiger partial charge in [0.1, 0.15) is 5.82 Å². The number of hydrogen-bond acceptors (Lipinski definition) is 2. The van der Waals surface area contributed by atoms with Crippen molar-refractivity contribution in [3.8, 4) is 0 Å². The largest absolute Gasteiger partial charge is 0.334 e. The molecule has 1 atom stereocenters. The molecule has 0 aromatic carbocycles. The predicted octanol–water partition coefficient (Wildman–Crippen LogP) is 4.55. The lowest BCUT2D eigenvalue weighted by Crippen LogP contribution is -2.39. The van der Waals surface area contributed by atoms with Crippen LogP contribution in [0, 0.1) is 11.3 Å². The lowest BCUT2D eigenvalue weighted by atomic mass is 9.72. The van der Waals surface area contributed by atoms with Gasteiger partial charge in [0.15, 0.2) is 0 Å². The number of rotatable bonds is 8. The van der Waals surface area contributed by atoms with Crippen LogP contribution in [-0.2, 0) is 6.54 Å². The smallest absolute Gasteiger partial charge is 0.126 e. The van der Waals surface area contributed by atoms with Crippen LogP contribution in [0.15, 0.2) is 12.4 Å². The molecule has 1 saturated carbocycles. The molecule has 3 nitrogen and oxygen atoms in total. The Hall–Kier alpha value is -0.830. The average Bonchev–Trinajstić information content (AvgIpc) is 3.06. The molecule has 1 aliphatic carbocycles. The van der Waals surface area contributed by atoms with Gasteiger partial charge in [-0.1, -0.05) is 40.5 Å². The lowest BCUT2D eigenvalue weighted by molar-refractivity contribution is 0.147. The minimum Gasteiger partial charge on any atom is -0.334 e. The van der Waals surface area contributed by atoms with Gasteiger partial charge in [-0.3, -0.25) is 0 Å². The monoisotopic (exact) mass is 291 g/mol. The van der Waals surface area contributed by atoms with Gasteiger partial charge >= 0.3 is 0 Å². The molecule has 0 radical (unpaired) electrons. The zero-order valence-electron chi connectivity index (χ0n) is 14.4. The van der Waals surface area contributed by atoms with Crippen molar-refractivity contribution < 1.29 is 0 Å². The molecule has 21 heavy (non-hydrogen) atoms. The van der Waals surface area contributed by atoms with E-state index in [1.165, 1.54) is 44.3 Å². The van der Waals surface area contributed by atoms with Crippen molar-refractivity contribution in [2.45, 2.75) is 78.8 Å². The normalized spacial score (nSPS) is 19.3. The maximum Gasteiger partial charge on any atom is 0.126 e. The van der Waals surface area contributed by atoms with E-state index in [2.05, 4.69) is 43.8 Å². The van der Waals surface area contributed by atoms with Crippen molar-refractivity contribution in [2.75, 3.05) is 6.54 Å². The van der Waals surface area contributed by atoms with Gasteiger partial charge in [0.2, 0.25) is 0 Å². The first-order valence-corrected chi connectivity index (χ1v) is 8.87. The van der Waals surface area contributed by atoms with Crippen LogP contribution in [0.2, 0.25) is 0 Å². The van der Waals surface area contributed by atoms with Crippen LogP contribution in [-0.4, -0.2) is 16.1 Å². The molecule has 3 heteroatoms. The van der Waals surface area contributed by atoms with Crippen LogP contribution in [0.25, 0.3) is 0 Å². The third-order valence-corrected chi connectivity index (χ3v) is 4.91. The van der Waals surface area contributed by atoms with Crippen LogP contribution >= 0.6 is 0 Å². The van der Waals surface area contributed by atoms with E-state index in [0.717, 1.165) is 19.0 Å². The first-order valence-electron chi connectivity index (χ1n) is 8.87. The summed E-state index contributed by atoms with van der Waals surface area (Å²) >= 11 is 0. The number of nitrogens with zero attached hydrogens (tertiary/aromatic N) is 2. The molecule has 1 N–H and O–H groups in total. The number of aryl methyl sites for hydroxylation is 1. The zero-order chi connectivity index (χ0) is 15.3. The summed E-state index contributed by atoms with van der Waals surface area (Å²) < 4.78 is 2.37. The van der Waals surface area contributed by atoms with Gasteiger partial charge < -0.3 is 9.88 Å². The van der Waals surface area contributed by atoms with E-state index >= 15 is 0 Å². The summed E-state index contributed by atoms with van der Waals surface area (Å²) in [4.78, 5) is 4.75. The SMILES string of the molecule is CCCn1ccnc1C(NCC)C1(CC(C)C)CCCC1.